The van der Waals surface area contributed by atoms with Crippen molar-refractivity contribution in [2.75, 3.05) is 5.32 Å². The highest BCUT2D eigenvalue weighted by Gasteiger charge is 2.34. The number of carbonyl (C=O) groups excluding carboxylic acids is 2. The topological polar surface area (TPSA) is 62.3 Å². The summed E-state index contributed by atoms with van der Waals surface area (Å²) in [6.07, 6.45) is 1.94. The molecule has 2 aromatic rings. The maximum Gasteiger partial charge on any atom is 0.273 e. The molecular weight excluding hydrogens is 317 g/mol. The van der Waals surface area contributed by atoms with Gasteiger partial charge in [-0.15, -0.1) is 11.3 Å². The van der Waals surface area contributed by atoms with Gasteiger partial charge in [0, 0.05) is 24.9 Å². The zero-order valence-electron chi connectivity index (χ0n) is 12.6. The molecule has 120 valence electrons. The Morgan fingerprint density at radius 2 is 2.04 bits per heavy atom. The van der Waals surface area contributed by atoms with Crippen LogP contribution in [0.2, 0.25) is 0 Å². The van der Waals surface area contributed by atoms with E-state index in [-0.39, 0.29) is 23.7 Å². The Morgan fingerprint density at radius 3 is 2.65 bits per heavy atom. The van der Waals surface area contributed by atoms with Crippen LogP contribution in [0.3, 0.4) is 0 Å². The lowest BCUT2D eigenvalue weighted by molar-refractivity contribution is -0.114. The Hall–Kier alpha value is -2.28. The Labute approximate surface area is 137 Å². The Morgan fingerprint density at radius 1 is 1.35 bits per heavy atom. The minimum atomic E-state index is -0.294. The minimum Gasteiger partial charge on any atom is -0.330 e. The van der Waals surface area contributed by atoms with E-state index in [2.05, 4.69) is 10.3 Å². The van der Waals surface area contributed by atoms with E-state index >= 15 is 0 Å². The van der Waals surface area contributed by atoms with Gasteiger partial charge in [-0.2, -0.15) is 0 Å². The van der Waals surface area contributed by atoms with Crippen molar-refractivity contribution in [1.82, 2.24) is 9.88 Å². The molecule has 1 N–H and O–H groups in total. The van der Waals surface area contributed by atoms with Gasteiger partial charge in [0.15, 0.2) is 5.13 Å². The summed E-state index contributed by atoms with van der Waals surface area (Å²) in [5.74, 6) is -0.675. The zero-order chi connectivity index (χ0) is 16.4. The average molecular weight is 333 g/mol. The Kier molecular flexibility index (Phi) is 4.38. The third kappa shape index (κ3) is 3.92. The molecule has 1 aromatic heterocycles. The second kappa shape index (κ2) is 6.45. The molecule has 0 saturated heterocycles. The molecule has 3 rings (SSSR count). The van der Waals surface area contributed by atoms with Crippen LogP contribution >= 0.6 is 11.3 Å². The first-order valence-corrected chi connectivity index (χ1v) is 8.19. The molecule has 1 saturated carbocycles. The van der Waals surface area contributed by atoms with Gasteiger partial charge in [-0.25, -0.2) is 9.37 Å². The molecule has 0 radical (unpaired) electrons. The first-order valence-electron chi connectivity index (χ1n) is 7.31. The van der Waals surface area contributed by atoms with Crippen molar-refractivity contribution < 1.29 is 14.0 Å². The normalized spacial score (nSPS) is 13.7. The van der Waals surface area contributed by atoms with Crippen molar-refractivity contribution in [2.24, 2.45) is 0 Å². The highest BCUT2D eigenvalue weighted by Crippen LogP contribution is 2.30. The molecule has 5 nitrogen and oxygen atoms in total. The second-order valence-corrected chi connectivity index (χ2v) is 6.37. The van der Waals surface area contributed by atoms with Gasteiger partial charge in [-0.3, -0.25) is 9.59 Å². The summed E-state index contributed by atoms with van der Waals surface area (Å²) in [7, 11) is 0. The predicted molar refractivity (Wildman–Crippen MR) is 85.7 cm³/mol. The Bertz CT molecular complexity index is 725. The number of anilines is 1. The van der Waals surface area contributed by atoms with Gasteiger partial charge in [0.25, 0.3) is 5.91 Å². The molecule has 1 aliphatic carbocycles. The molecule has 1 aliphatic rings. The summed E-state index contributed by atoms with van der Waals surface area (Å²) in [5.41, 5.74) is 1.21. The molecule has 2 amide bonds. The maximum atomic E-state index is 13.0. The van der Waals surface area contributed by atoms with E-state index in [4.69, 9.17) is 0 Å². The predicted octanol–water partition coefficient (Wildman–Crippen LogP) is 3.05. The highest BCUT2D eigenvalue weighted by molar-refractivity contribution is 7.14. The Balaban J connectivity index is 1.75. The zero-order valence-corrected chi connectivity index (χ0v) is 13.4. The monoisotopic (exact) mass is 333 g/mol. The van der Waals surface area contributed by atoms with Crippen LogP contribution < -0.4 is 5.32 Å². The molecule has 0 spiro atoms. The molecule has 7 heteroatoms. The van der Waals surface area contributed by atoms with E-state index in [0.29, 0.717) is 17.4 Å². The summed E-state index contributed by atoms with van der Waals surface area (Å²) in [6, 6.07) is 6.35. The van der Waals surface area contributed by atoms with Crippen molar-refractivity contribution >= 4 is 28.3 Å². The van der Waals surface area contributed by atoms with Crippen LogP contribution in [0, 0.1) is 5.82 Å². The second-order valence-electron chi connectivity index (χ2n) is 5.51. The maximum absolute atomic E-state index is 13.0. The van der Waals surface area contributed by atoms with Crippen molar-refractivity contribution in [2.45, 2.75) is 32.4 Å². The smallest absolute Gasteiger partial charge is 0.273 e. The van der Waals surface area contributed by atoms with Crippen molar-refractivity contribution in [3.05, 3.63) is 46.7 Å². The minimum absolute atomic E-state index is 0.162. The van der Waals surface area contributed by atoms with Gasteiger partial charge in [-0.05, 0) is 30.5 Å². The first kappa shape index (κ1) is 15.6. The highest BCUT2D eigenvalue weighted by atomic mass is 32.1. The number of amides is 2. The number of aromatic nitrogens is 1. The van der Waals surface area contributed by atoms with E-state index < -0.39 is 0 Å². The van der Waals surface area contributed by atoms with Crippen LogP contribution in [0.25, 0.3) is 0 Å². The number of hydrogen-bond donors (Lipinski definition) is 1. The van der Waals surface area contributed by atoms with Crippen molar-refractivity contribution in [3.8, 4) is 0 Å². The van der Waals surface area contributed by atoms with Gasteiger partial charge >= 0.3 is 0 Å². The van der Waals surface area contributed by atoms with E-state index in [1.165, 1.54) is 30.4 Å². The summed E-state index contributed by atoms with van der Waals surface area (Å²) in [6.45, 7) is 1.82. The molecule has 23 heavy (non-hydrogen) atoms. The van der Waals surface area contributed by atoms with Gasteiger partial charge < -0.3 is 10.2 Å². The fourth-order valence-corrected chi connectivity index (χ4v) is 3.00. The molecule has 1 heterocycles. The van der Waals surface area contributed by atoms with Crippen molar-refractivity contribution in [1.29, 1.82) is 0 Å². The van der Waals surface area contributed by atoms with E-state index in [0.717, 1.165) is 18.4 Å². The van der Waals surface area contributed by atoms with Crippen LogP contribution in [0.4, 0.5) is 9.52 Å². The molecule has 0 atom stereocenters. The number of benzene rings is 1. The first-order chi connectivity index (χ1) is 11.0. The summed E-state index contributed by atoms with van der Waals surface area (Å²) in [4.78, 5) is 29.7. The van der Waals surface area contributed by atoms with Crippen LogP contribution in [-0.2, 0) is 11.3 Å². The van der Waals surface area contributed by atoms with E-state index in [1.54, 1.807) is 22.4 Å². The number of thiazole rings is 1. The molecule has 0 unspecified atom stereocenters. The lowest BCUT2D eigenvalue weighted by Crippen LogP contribution is -2.32. The third-order valence-electron chi connectivity index (χ3n) is 3.52. The molecule has 0 bridgehead atoms. The van der Waals surface area contributed by atoms with E-state index in [9.17, 15) is 14.0 Å². The third-order valence-corrected chi connectivity index (χ3v) is 4.28. The SMILES string of the molecule is CC(=O)Nc1nc(C(=O)N(Cc2ccc(F)cc2)C2CC2)cs1. The van der Waals surface area contributed by atoms with Gasteiger partial charge in [-0.1, -0.05) is 12.1 Å². The largest absolute Gasteiger partial charge is 0.330 e. The van der Waals surface area contributed by atoms with Gasteiger partial charge in [0.1, 0.15) is 11.5 Å². The molecular formula is C16H16FN3O2S. The fraction of sp³-hybridized carbons (Fsp3) is 0.312. The standard InChI is InChI=1S/C16H16FN3O2S/c1-10(21)18-16-19-14(9-23-16)15(22)20(13-6-7-13)8-11-2-4-12(17)5-3-11/h2-5,9,13H,6-8H2,1H3,(H,18,19,21). The van der Waals surface area contributed by atoms with Gasteiger partial charge in [0.05, 0.1) is 0 Å². The molecule has 0 aliphatic heterocycles. The number of hydrogen-bond acceptors (Lipinski definition) is 4. The van der Waals surface area contributed by atoms with Crippen LogP contribution in [0.5, 0.6) is 0 Å². The van der Waals surface area contributed by atoms with Crippen LogP contribution in [0.1, 0.15) is 35.8 Å². The van der Waals surface area contributed by atoms with Gasteiger partial charge in [0.2, 0.25) is 5.91 Å². The lowest BCUT2D eigenvalue weighted by atomic mass is 10.2. The van der Waals surface area contributed by atoms with Crippen molar-refractivity contribution in [3.63, 3.8) is 0 Å². The number of carbonyl (C=O) groups is 2. The summed E-state index contributed by atoms with van der Waals surface area (Å²) in [5, 5.41) is 4.64. The van der Waals surface area contributed by atoms with Crippen LogP contribution in [-0.4, -0.2) is 27.7 Å². The van der Waals surface area contributed by atoms with Crippen LogP contribution in [0.15, 0.2) is 29.6 Å². The lowest BCUT2D eigenvalue weighted by Gasteiger charge is -2.21. The quantitative estimate of drug-likeness (QED) is 0.915. The number of halogens is 1. The fourth-order valence-electron chi connectivity index (χ4n) is 2.27. The number of nitrogens with zero attached hydrogens (tertiary/aromatic N) is 2. The van der Waals surface area contributed by atoms with E-state index in [1.807, 2.05) is 0 Å². The molecule has 1 fully saturated rings. The number of rotatable bonds is 5. The average Bonchev–Trinajstić information content (AvgIpc) is 3.25. The number of nitrogens with one attached hydrogen (secondary N) is 1. The summed E-state index contributed by atoms with van der Waals surface area (Å²) < 4.78 is 13.0. The summed E-state index contributed by atoms with van der Waals surface area (Å²) >= 11 is 1.22. The molecule has 1 aromatic carbocycles.